The summed E-state index contributed by atoms with van der Waals surface area (Å²) in [5.41, 5.74) is -0.462. The summed E-state index contributed by atoms with van der Waals surface area (Å²) in [5, 5.41) is 15.2. The van der Waals surface area contributed by atoms with Crippen LogP contribution >= 0.6 is 0 Å². The van der Waals surface area contributed by atoms with E-state index >= 15 is 4.39 Å². The van der Waals surface area contributed by atoms with Crippen molar-refractivity contribution < 1.29 is 23.0 Å². The van der Waals surface area contributed by atoms with Gasteiger partial charge in [0.15, 0.2) is 5.82 Å². The van der Waals surface area contributed by atoms with Gasteiger partial charge in [-0.05, 0) is 55.8 Å². The summed E-state index contributed by atoms with van der Waals surface area (Å²) in [7, 11) is 0. The molecule has 5 saturated heterocycles. The van der Waals surface area contributed by atoms with E-state index in [1.807, 2.05) is 0 Å². The Morgan fingerprint density at radius 3 is 2.84 bits per heavy atom. The number of anilines is 1. The Balaban J connectivity index is 1.29. The molecule has 0 amide bonds. The Bertz CT molecular complexity index is 1860. The van der Waals surface area contributed by atoms with E-state index in [0.717, 1.165) is 38.8 Å². The molecule has 4 aromatic rings. The van der Waals surface area contributed by atoms with Crippen molar-refractivity contribution in [3.8, 4) is 35.4 Å². The molecule has 0 aliphatic carbocycles. The van der Waals surface area contributed by atoms with E-state index in [0.29, 0.717) is 36.1 Å². The molecule has 0 spiro atoms. The van der Waals surface area contributed by atoms with Crippen LogP contribution in [0.15, 0.2) is 30.5 Å². The zero-order chi connectivity index (χ0) is 30.2. The average Bonchev–Trinajstić information content (AvgIpc) is 3.56. The van der Waals surface area contributed by atoms with Crippen LogP contribution in [-0.2, 0) is 0 Å². The van der Waals surface area contributed by atoms with E-state index < -0.39 is 23.3 Å². The molecule has 11 heteroatoms. The fraction of sp³-hybridized carbons (Fsp3) is 0.424. The normalized spacial score (nSPS) is 26.4. The summed E-state index contributed by atoms with van der Waals surface area (Å²) in [6.07, 6.45) is 10.5. The third kappa shape index (κ3) is 4.26. The first-order valence-electron chi connectivity index (χ1n) is 15.1. The predicted octanol–water partition coefficient (Wildman–Crippen LogP) is 4.71. The van der Waals surface area contributed by atoms with Gasteiger partial charge >= 0.3 is 6.01 Å². The van der Waals surface area contributed by atoms with Crippen molar-refractivity contribution >= 4 is 27.5 Å². The van der Waals surface area contributed by atoms with Crippen LogP contribution in [-0.4, -0.2) is 81.5 Å². The van der Waals surface area contributed by atoms with Crippen LogP contribution in [0.2, 0.25) is 0 Å². The number of phenolic OH excluding ortho intramolecular Hbond substituents is 1. The maximum atomic E-state index is 16.7. The van der Waals surface area contributed by atoms with Gasteiger partial charge in [0.25, 0.3) is 0 Å². The van der Waals surface area contributed by atoms with Crippen molar-refractivity contribution in [1.29, 1.82) is 0 Å². The SMILES string of the molecule is C#Cc1c(F)ccc2cc(O)cc(-c3ncc4c(N5CC6CCC5CN6)nc(OC[C@]56CCCN5C[C@@H](F)C6)nc4c3F)c12. The van der Waals surface area contributed by atoms with Crippen molar-refractivity contribution in [2.45, 2.75) is 55.9 Å². The number of rotatable bonds is 5. The van der Waals surface area contributed by atoms with E-state index in [9.17, 15) is 13.9 Å². The van der Waals surface area contributed by atoms with Gasteiger partial charge in [0, 0.05) is 55.3 Å². The number of hydrogen-bond acceptors (Lipinski definition) is 8. The quantitative estimate of drug-likeness (QED) is 0.319. The van der Waals surface area contributed by atoms with Gasteiger partial charge in [-0.15, -0.1) is 6.42 Å². The number of nitrogens with one attached hydrogen (secondary N) is 1. The molecular weight excluding hydrogens is 569 g/mol. The second kappa shape index (κ2) is 10.2. The van der Waals surface area contributed by atoms with Crippen molar-refractivity contribution in [2.24, 2.45) is 0 Å². The lowest BCUT2D eigenvalue weighted by molar-refractivity contribution is 0.107. The molecular formula is C33H31F3N6O2. The van der Waals surface area contributed by atoms with Crippen molar-refractivity contribution in [3.63, 3.8) is 0 Å². The number of aromatic nitrogens is 3. The highest BCUT2D eigenvalue weighted by Crippen LogP contribution is 2.42. The van der Waals surface area contributed by atoms with E-state index in [4.69, 9.17) is 16.1 Å². The van der Waals surface area contributed by atoms with Gasteiger partial charge in [-0.1, -0.05) is 12.0 Å². The Morgan fingerprint density at radius 2 is 2.07 bits per heavy atom. The summed E-state index contributed by atoms with van der Waals surface area (Å²) in [6.45, 7) is 2.89. The fourth-order valence-corrected chi connectivity index (χ4v) is 7.86. The molecule has 5 aliphatic rings. The number of aromatic hydroxyl groups is 1. The van der Waals surface area contributed by atoms with E-state index in [2.05, 4.69) is 31.0 Å². The number of pyridine rings is 1. The highest BCUT2D eigenvalue weighted by molar-refractivity contribution is 6.03. The number of ether oxygens (including phenoxy) is 1. The Hall–Kier alpha value is -4.14. The molecule has 7 heterocycles. The molecule has 8 nitrogen and oxygen atoms in total. The number of nitrogens with zero attached hydrogens (tertiary/aromatic N) is 5. The number of benzene rings is 2. The number of phenols is 1. The third-order valence-corrected chi connectivity index (χ3v) is 9.95. The molecule has 2 N–H and O–H groups in total. The molecule has 2 aromatic carbocycles. The molecule has 0 saturated carbocycles. The van der Waals surface area contributed by atoms with E-state index in [1.165, 1.54) is 30.5 Å². The topological polar surface area (TPSA) is 86.6 Å². The molecule has 5 aliphatic heterocycles. The maximum Gasteiger partial charge on any atom is 0.319 e. The molecule has 2 unspecified atom stereocenters. The number of fused-ring (bicyclic) bond motifs is 6. The van der Waals surface area contributed by atoms with Crippen LogP contribution in [0.3, 0.4) is 0 Å². The van der Waals surface area contributed by atoms with Crippen LogP contribution in [0.5, 0.6) is 11.8 Å². The number of hydrogen-bond donors (Lipinski definition) is 2. The third-order valence-electron chi connectivity index (χ3n) is 9.95. The minimum atomic E-state index is -0.913. The van der Waals surface area contributed by atoms with Gasteiger partial charge in [0.1, 0.15) is 41.4 Å². The Morgan fingerprint density at radius 1 is 1.18 bits per heavy atom. The highest BCUT2D eigenvalue weighted by atomic mass is 19.1. The van der Waals surface area contributed by atoms with Crippen LogP contribution in [0.1, 0.15) is 37.7 Å². The molecule has 2 aromatic heterocycles. The van der Waals surface area contributed by atoms with Crippen LogP contribution in [0, 0.1) is 24.0 Å². The number of halogens is 3. The summed E-state index contributed by atoms with van der Waals surface area (Å²) in [5.74, 6) is 1.36. The van der Waals surface area contributed by atoms with Gasteiger partial charge < -0.3 is 20.1 Å². The first-order valence-corrected chi connectivity index (χ1v) is 15.1. The first kappa shape index (κ1) is 27.4. The second-order valence-electron chi connectivity index (χ2n) is 12.5. The molecule has 5 fully saturated rings. The number of piperidine rings is 2. The van der Waals surface area contributed by atoms with Crippen LogP contribution in [0.25, 0.3) is 32.9 Å². The summed E-state index contributed by atoms with van der Waals surface area (Å²) >= 11 is 0. The fourth-order valence-electron chi connectivity index (χ4n) is 7.86. The van der Waals surface area contributed by atoms with Gasteiger partial charge in [-0.25, -0.2) is 13.2 Å². The minimum Gasteiger partial charge on any atom is -0.508 e. The zero-order valence-electron chi connectivity index (χ0n) is 24.0. The summed E-state index contributed by atoms with van der Waals surface area (Å²) in [4.78, 5) is 18.2. The standard InChI is InChI=1S/C33H31F3N6O2/c1-2-23-26(35)7-4-18-10-22(43)11-24(27(18)23)29-28(36)30-25(14-38-29)31(42-16-20-5-6-21(42)13-37-20)40-32(39-30)44-17-33-8-3-9-41(33)15-19(34)12-33/h1,4,7,10-11,14,19-21,37,43H,3,5-6,8-9,12-13,15-17H2/t19-,20?,21?,33+/m0/s1. The molecule has 2 bridgehead atoms. The molecule has 226 valence electrons. The van der Waals surface area contributed by atoms with Gasteiger partial charge in [0.2, 0.25) is 0 Å². The van der Waals surface area contributed by atoms with E-state index in [-0.39, 0.29) is 58.2 Å². The zero-order valence-corrected chi connectivity index (χ0v) is 24.0. The summed E-state index contributed by atoms with van der Waals surface area (Å²) < 4.78 is 52.2. The van der Waals surface area contributed by atoms with Crippen LogP contribution < -0.4 is 15.0 Å². The largest absolute Gasteiger partial charge is 0.508 e. The number of piperazine rings is 1. The molecule has 44 heavy (non-hydrogen) atoms. The Labute approximate surface area is 252 Å². The second-order valence-corrected chi connectivity index (χ2v) is 12.5. The summed E-state index contributed by atoms with van der Waals surface area (Å²) in [6, 6.07) is 5.93. The lowest BCUT2D eigenvalue weighted by Gasteiger charge is -2.46. The van der Waals surface area contributed by atoms with Crippen molar-refractivity contribution in [2.75, 3.05) is 37.7 Å². The van der Waals surface area contributed by atoms with Gasteiger partial charge in [-0.3, -0.25) is 9.88 Å². The molecule has 9 rings (SSSR count). The average molecular weight is 601 g/mol. The maximum absolute atomic E-state index is 16.7. The molecule has 4 atom stereocenters. The monoisotopic (exact) mass is 600 g/mol. The molecule has 0 radical (unpaired) electrons. The lowest BCUT2D eigenvalue weighted by Crippen LogP contribution is -2.61. The van der Waals surface area contributed by atoms with Crippen LogP contribution in [0.4, 0.5) is 19.0 Å². The Kier molecular flexibility index (Phi) is 6.36. The smallest absolute Gasteiger partial charge is 0.319 e. The number of alkyl halides is 1. The highest BCUT2D eigenvalue weighted by Gasteiger charge is 2.49. The first-order chi connectivity index (χ1) is 21.3. The van der Waals surface area contributed by atoms with Gasteiger partial charge in [0.05, 0.1) is 16.5 Å². The predicted molar refractivity (Wildman–Crippen MR) is 160 cm³/mol. The lowest BCUT2D eigenvalue weighted by atomic mass is 9.92. The van der Waals surface area contributed by atoms with Gasteiger partial charge in [-0.2, -0.15) is 9.97 Å². The minimum absolute atomic E-state index is 0.00451. The van der Waals surface area contributed by atoms with E-state index in [1.54, 1.807) is 0 Å². The van der Waals surface area contributed by atoms with Crippen molar-refractivity contribution in [1.82, 2.24) is 25.2 Å². The number of terminal acetylenes is 1. The van der Waals surface area contributed by atoms with Crippen molar-refractivity contribution in [3.05, 3.63) is 47.7 Å².